The molecule has 4 saturated carbocycles. The van der Waals surface area contributed by atoms with Crippen LogP contribution < -0.4 is 0 Å². The maximum absolute atomic E-state index is 11.4. The second-order valence-electron chi connectivity index (χ2n) is 13.2. The van der Waals surface area contributed by atoms with E-state index in [4.69, 9.17) is 0 Å². The molecule has 0 bridgehead atoms. The summed E-state index contributed by atoms with van der Waals surface area (Å²) in [5.41, 5.74) is 0.523. The minimum atomic E-state index is -0.517. The summed E-state index contributed by atoms with van der Waals surface area (Å²) < 4.78 is 0. The summed E-state index contributed by atoms with van der Waals surface area (Å²) >= 11 is 0. The Morgan fingerprint density at radius 2 is 1.70 bits per heavy atom. The Morgan fingerprint density at radius 3 is 2.40 bits per heavy atom. The first-order valence-electron chi connectivity index (χ1n) is 13.3. The Labute approximate surface area is 186 Å². The molecule has 2 unspecified atom stereocenters. The van der Waals surface area contributed by atoms with Crippen molar-refractivity contribution in [2.45, 2.75) is 117 Å². The molecule has 0 radical (unpaired) electrons. The van der Waals surface area contributed by atoms with Gasteiger partial charge in [-0.3, -0.25) is 0 Å². The average molecular weight is 417 g/mol. The van der Waals surface area contributed by atoms with Crippen LogP contribution in [-0.2, 0) is 4.79 Å². The molecule has 4 aliphatic rings. The highest BCUT2D eigenvalue weighted by Gasteiger charge is 2.60. The largest absolute Gasteiger partial charge is 0.390 e. The molecule has 4 fully saturated rings. The number of hydrogen-bond acceptors (Lipinski definition) is 2. The van der Waals surface area contributed by atoms with E-state index < -0.39 is 5.60 Å². The summed E-state index contributed by atoms with van der Waals surface area (Å²) in [4.78, 5) is 11.4. The van der Waals surface area contributed by atoms with E-state index in [9.17, 15) is 9.90 Å². The van der Waals surface area contributed by atoms with Crippen LogP contribution in [-0.4, -0.2) is 17.0 Å². The zero-order valence-corrected chi connectivity index (χ0v) is 20.5. The first kappa shape index (κ1) is 22.8. The topological polar surface area (TPSA) is 37.3 Å². The van der Waals surface area contributed by atoms with Crippen molar-refractivity contribution >= 4 is 6.29 Å². The van der Waals surface area contributed by atoms with E-state index in [1.54, 1.807) is 0 Å². The standard InChI is InChI=1S/C28H48O2/c1-19(7-6-14-26(2,3)30)23-10-11-24-22-9-8-21-17-20(18-29)12-15-27(21,4)25(22)13-16-28(23,24)5/h18-25,30H,6-17H2,1-5H3/t19-,20?,21?,22+,23-,24+,25+,27+,28-/m1/s1. The van der Waals surface area contributed by atoms with Gasteiger partial charge in [0, 0.05) is 5.92 Å². The molecule has 0 heterocycles. The molecule has 2 nitrogen and oxygen atoms in total. The van der Waals surface area contributed by atoms with Gasteiger partial charge >= 0.3 is 0 Å². The Morgan fingerprint density at radius 1 is 1.00 bits per heavy atom. The normalized spacial score (nSPS) is 47.1. The number of fused-ring (bicyclic) bond motifs is 5. The Balaban J connectivity index is 1.44. The van der Waals surface area contributed by atoms with Gasteiger partial charge in [0.25, 0.3) is 0 Å². The third-order valence-electron chi connectivity index (χ3n) is 11.1. The van der Waals surface area contributed by atoms with E-state index in [2.05, 4.69) is 20.8 Å². The van der Waals surface area contributed by atoms with Gasteiger partial charge < -0.3 is 9.90 Å². The predicted molar refractivity (Wildman–Crippen MR) is 124 cm³/mol. The van der Waals surface area contributed by atoms with Crippen molar-refractivity contribution in [2.24, 2.45) is 52.3 Å². The first-order valence-corrected chi connectivity index (χ1v) is 13.3. The van der Waals surface area contributed by atoms with Crippen LogP contribution >= 0.6 is 0 Å². The van der Waals surface area contributed by atoms with E-state index >= 15 is 0 Å². The summed E-state index contributed by atoms with van der Waals surface area (Å²) in [7, 11) is 0. The van der Waals surface area contributed by atoms with Crippen LogP contribution in [0.4, 0.5) is 0 Å². The van der Waals surface area contributed by atoms with Crippen molar-refractivity contribution in [3.8, 4) is 0 Å². The van der Waals surface area contributed by atoms with Crippen LogP contribution in [0.25, 0.3) is 0 Å². The van der Waals surface area contributed by atoms with Crippen molar-refractivity contribution in [3.63, 3.8) is 0 Å². The fraction of sp³-hybridized carbons (Fsp3) is 0.964. The van der Waals surface area contributed by atoms with Gasteiger partial charge in [0.1, 0.15) is 6.29 Å². The number of hydrogen-bond donors (Lipinski definition) is 1. The van der Waals surface area contributed by atoms with Crippen LogP contribution in [0.3, 0.4) is 0 Å². The van der Waals surface area contributed by atoms with Gasteiger partial charge in [-0.1, -0.05) is 33.6 Å². The highest BCUT2D eigenvalue weighted by Crippen LogP contribution is 2.68. The highest BCUT2D eigenvalue weighted by molar-refractivity contribution is 5.53. The fourth-order valence-electron chi connectivity index (χ4n) is 9.45. The maximum atomic E-state index is 11.4. The van der Waals surface area contributed by atoms with Crippen molar-refractivity contribution in [3.05, 3.63) is 0 Å². The van der Waals surface area contributed by atoms with Crippen molar-refractivity contribution in [2.75, 3.05) is 0 Å². The first-order chi connectivity index (χ1) is 14.1. The molecule has 9 atom stereocenters. The SMILES string of the molecule is C[C@H](CCCC(C)(C)O)[C@H]1CC[C@H]2[C@@H]3CCC4CC(C=O)CC[C@]4(C)[C@H]3CC[C@]12C. The minimum Gasteiger partial charge on any atom is -0.390 e. The Bertz CT molecular complexity index is 621. The quantitative estimate of drug-likeness (QED) is 0.472. The molecule has 172 valence electrons. The van der Waals surface area contributed by atoms with Crippen molar-refractivity contribution in [1.82, 2.24) is 0 Å². The third-order valence-corrected chi connectivity index (χ3v) is 11.1. The van der Waals surface area contributed by atoms with Crippen molar-refractivity contribution in [1.29, 1.82) is 0 Å². The number of carbonyl (C=O) groups excluding carboxylic acids is 1. The number of aldehydes is 1. The molecule has 0 amide bonds. The van der Waals surface area contributed by atoms with E-state index in [0.29, 0.717) is 16.7 Å². The van der Waals surface area contributed by atoms with Crippen LogP contribution in [0.15, 0.2) is 0 Å². The number of carbonyl (C=O) groups is 1. The molecule has 4 rings (SSSR count). The Kier molecular flexibility index (Phi) is 6.23. The molecule has 1 N–H and O–H groups in total. The lowest BCUT2D eigenvalue weighted by molar-refractivity contribution is -0.130. The number of rotatable bonds is 6. The Hall–Kier alpha value is -0.370. The van der Waals surface area contributed by atoms with E-state index in [-0.39, 0.29) is 0 Å². The maximum Gasteiger partial charge on any atom is 0.123 e. The second-order valence-corrected chi connectivity index (χ2v) is 13.2. The average Bonchev–Trinajstić information content (AvgIpc) is 3.03. The molecule has 0 aromatic heterocycles. The zero-order chi connectivity index (χ0) is 21.7. The summed E-state index contributed by atoms with van der Waals surface area (Å²) in [6.07, 6.45) is 16.8. The fourth-order valence-corrected chi connectivity index (χ4v) is 9.45. The van der Waals surface area contributed by atoms with E-state index in [1.807, 2.05) is 13.8 Å². The van der Waals surface area contributed by atoms with Crippen LogP contribution in [0.1, 0.15) is 112 Å². The van der Waals surface area contributed by atoms with E-state index in [0.717, 1.165) is 54.8 Å². The molecule has 0 saturated heterocycles. The van der Waals surface area contributed by atoms with Gasteiger partial charge in [-0.25, -0.2) is 0 Å². The van der Waals surface area contributed by atoms with Gasteiger partial charge in [0.15, 0.2) is 0 Å². The van der Waals surface area contributed by atoms with Gasteiger partial charge in [-0.2, -0.15) is 0 Å². The molecular formula is C28H48O2. The summed E-state index contributed by atoms with van der Waals surface area (Å²) in [5, 5.41) is 10.1. The summed E-state index contributed by atoms with van der Waals surface area (Å²) in [6, 6.07) is 0. The lowest BCUT2D eigenvalue weighted by Gasteiger charge is -2.61. The monoisotopic (exact) mass is 416 g/mol. The third kappa shape index (κ3) is 3.93. The summed E-state index contributed by atoms with van der Waals surface area (Å²) in [6.45, 7) is 11.7. The second kappa shape index (κ2) is 8.20. The predicted octanol–water partition coefficient (Wildman–Crippen LogP) is 7.04. The molecule has 0 spiro atoms. The zero-order valence-electron chi connectivity index (χ0n) is 20.5. The van der Waals surface area contributed by atoms with Crippen LogP contribution in [0.5, 0.6) is 0 Å². The van der Waals surface area contributed by atoms with Gasteiger partial charge in [-0.05, 0) is 124 Å². The molecule has 0 aromatic carbocycles. The molecular weight excluding hydrogens is 368 g/mol. The highest BCUT2D eigenvalue weighted by atomic mass is 16.3. The molecule has 0 aromatic rings. The number of aliphatic hydroxyl groups is 1. The lowest BCUT2D eigenvalue weighted by Crippen LogP contribution is -2.53. The minimum absolute atomic E-state index is 0.342. The van der Waals surface area contributed by atoms with Gasteiger partial charge in [0.05, 0.1) is 5.60 Å². The molecule has 2 heteroatoms. The lowest BCUT2D eigenvalue weighted by atomic mass is 9.44. The van der Waals surface area contributed by atoms with Crippen molar-refractivity contribution < 1.29 is 9.90 Å². The molecule has 30 heavy (non-hydrogen) atoms. The molecule has 0 aliphatic heterocycles. The summed E-state index contributed by atoms with van der Waals surface area (Å²) in [5.74, 6) is 5.58. The van der Waals surface area contributed by atoms with Gasteiger partial charge in [0.2, 0.25) is 0 Å². The molecule has 4 aliphatic carbocycles. The van der Waals surface area contributed by atoms with E-state index in [1.165, 1.54) is 64.1 Å². The smallest absolute Gasteiger partial charge is 0.123 e. The van der Waals surface area contributed by atoms with Crippen LogP contribution in [0.2, 0.25) is 0 Å². The van der Waals surface area contributed by atoms with Gasteiger partial charge in [-0.15, -0.1) is 0 Å². The van der Waals surface area contributed by atoms with Crippen LogP contribution in [0, 0.1) is 52.3 Å².